The molecular formula is C15H11ClFN3O. The second kappa shape index (κ2) is 5.54. The second-order valence-corrected chi connectivity index (χ2v) is 4.97. The van der Waals surface area contributed by atoms with Crippen molar-refractivity contribution in [1.29, 1.82) is 0 Å². The summed E-state index contributed by atoms with van der Waals surface area (Å²) in [7, 11) is 0. The zero-order chi connectivity index (χ0) is 14.8. The smallest absolute Gasteiger partial charge is 0.251 e. The van der Waals surface area contributed by atoms with Crippen molar-refractivity contribution >= 4 is 23.2 Å². The summed E-state index contributed by atoms with van der Waals surface area (Å²) in [5, 5.41) is 3.34. The number of carbonyl (C=O) groups is 1. The number of carbonyl (C=O) groups excluding carboxylic acids is 1. The third-order valence-electron chi connectivity index (χ3n) is 3.00. The van der Waals surface area contributed by atoms with Gasteiger partial charge in [-0.3, -0.25) is 4.79 Å². The van der Waals surface area contributed by atoms with Gasteiger partial charge in [-0.25, -0.2) is 9.37 Å². The van der Waals surface area contributed by atoms with Crippen LogP contribution in [0.2, 0.25) is 5.02 Å². The number of aromatic nitrogens is 2. The van der Waals surface area contributed by atoms with Crippen LogP contribution in [0.25, 0.3) is 5.65 Å². The van der Waals surface area contributed by atoms with Gasteiger partial charge in [-0.15, -0.1) is 0 Å². The molecule has 0 aliphatic heterocycles. The summed E-state index contributed by atoms with van der Waals surface area (Å²) in [5.74, 6) is -0.549. The molecule has 6 heteroatoms. The average molecular weight is 304 g/mol. The van der Waals surface area contributed by atoms with Crippen LogP contribution in [-0.4, -0.2) is 15.3 Å². The average Bonchev–Trinajstić information content (AvgIpc) is 2.87. The molecule has 2 aromatic heterocycles. The van der Waals surface area contributed by atoms with E-state index in [9.17, 15) is 9.18 Å². The SMILES string of the molecule is O=C(NCc1cn2cc(F)ccc2n1)c1ccc(Cl)cc1. The molecule has 0 radical (unpaired) electrons. The minimum Gasteiger partial charge on any atom is -0.346 e. The number of pyridine rings is 1. The second-order valence-electron chi connectivity index (χ2n) is 4.53. The topological polar surface area (TPSA) is 46.4 Å². The van der Waals surface area contributed by atoms with Gasteiger partial charge in [0.25, 0.3) is 5.91 Å². The molecule has 3 aromatic rings. The lowest BCUT2D eigenvalue weighted by Gasteiger charge is -2.03. The van der Waals surface area contributed by atoms with E-state index < -0.39 is 0 Å². The van der Waals surface area contributed by atoms with Gasteiger partial charge < -0.3 is 9.72 Å². The van der Waals surface area contributed by atoms with Crippen LogP contribution in [0.5, 0.6) is 0 Å². The van der Waals surface area contributed by atoms with Gasteiger partial charge in [-0.1, -0.05) is 11.6 Å². The van der Waals surface area contributed by atoms with Crippen molar-refractivity contribution in [1.82, 2.24) is 14.7 Å². The number of fused-ring (bicyclic) bond motifs is 1. The van der Waals surface area contributed by atoms with Crippen molar-refractivity contribution in [3.05, 3.63) is 70.9 Å². The molecule has 106 valence electrons. The van der Waals surface area contributed by atoms with Crippen molar-refractivity contribution in [2.45, 2.75) is 6.54 Å². The highest BCUT2D eigenvalue weighted by molar-refractivity contribution is 6.30. The number of rotatable bonds is 3. The fourth-order valence-corrected chi connectivity index (χ4v) is 2.10. The molecule has 0 unspecified atom stereocenters. The van der Waals surface area contributed by atoms with E-state index in [2.05, 4.69) is 10.3 Å². The number of amides is 1. The molecule has 21 heavy (non-hydrogen) atoms. The first-order valence-electron chi connectivity index (χ1n) is 6.29. The molecule has 0 atom stereocenters. The summed E-state index contributed by atoms with van der Waals surface area (Å²) >= 11 is 5.77. The van der Waals surface area contributed by atoms with E-state index in [-0.39, 0.29) is 18.3 Å². The summed E-state index contributed by atoms with van der Waals surface area (Å²) < 4.78 is 14.7. The third kappa shape index (κ3) is 3.03. The molecule has 3 rings (SSSR count). The number of nitrogens with zero attached hydrogens (tertiary/aromatic N) is 2. The van der Waals surface area contributed by atoms with Crippen molar-refractivity contribution in [3.8, 4) is 0 Å². The molecule has 4 nitrogen and oxygen atoms in total. The van der Waals surface area contributed by atoms with Crippen LogP contribution in [0.15, 0.2) is 48.8 Å². The van der Waals surface area contributed by atoms with Crippen molar-refractivity contribution in [2.24, 2.45) is 0 Å². The van der Waals surface area contributed by atoms with Gasteiger partial charge in [-0.05, 0) is 36.4 Å². The van der Waals surface area contributed by atoms with Gasteiger partial charge in [0.2, 0.25) is 0 Å². The van der Waals surface area contributed by atoms with Gasteiger partial charge in [0.1, 0.15) is 11.5 Å². The van der Waals surface area contributed by atoms with Crippen LogP contribution in [-0.2, 0) is 6.54 Å². The van der Waals surface area contributed by atoms with E-state index in [1.54, 1.807) is 40.9 Å². The van der Waals surface area contributed by atoms with Crippen LogP contribution < -0.4 is 5.32 Å². The largest absolute Gasteiger partial charge is 0.346 e. The standard InChI is InChI=1S/C15H11ClFN3O/c16-11-3-1-10(2-4-11)15(21)18-7-13-9-20-8-12(17)5-6-14(20)19-13/h1-6,8-9H,7H2,(H,18,21). The fourth-order valence-electron chi connectivity index (χ4n) is 1.98. The summed E-state index contributed by atoms with van der Waals surface area (Å²) in [4.78, 5) is 16.2. The minimum absolute atomic E-state index is 0.213. The number of hydrogen-bond acceptors (Lipinski definition) is 2. The lowest BCUT2D eigenvalue weighted by molar-refractivity contribution is 0.0950. The van der Waals surface area contributed by atoms with Gasteiger partial charge in [0.05, 0.1) is 12.2 Å². The maximum atomic E-state index is 13.1. The monoisotopic (exact) mass is 303 g/mol. The van der Waals surface area contributed by atoms with Crippen molar-refractivity contribution in [3.63, 3.8) is 0 Å². The van der Waals surface area contributed by atoms with Gasteiger partial charge in [-0.2, -0.15) is 0 Å². The van der Waals surface area contributed by atoms with E-state index in [0.717, 1.165) is 0 Å². The molecule has 2 heterocycles. The Morgan fingerprint density at radius 2 is 1.95 bits per heavy atom. The highest BCUT2D eigenvalue weighted by Crippen LogP contribution is 2.10. The summed E-state index contributed by atoms with van der Waals surface area (Å²) in [5.41, 5.74) is 1.81. The normalized spacial score (nSPS) is 10.8. The molecule has 0 bridgehead atoms. The zero-order valence-electron chi connectivity index (χ0n) is 10.9. The fraction of sp³-hybridized carbons (Fsp3) is 0.0667. The van der Waals surface area contributed by atoms with Crippen LogP contribution in [0, 0.1) is 5.82 Å². The van der Waals surface area contributed by atoms with E-state index in [1.165, 1.54) is 12.3 Å². The maximum absolute atomic E-state index is 13.1. The van der Waals surface area contributed by atoms with Crippen LogP contribution in [0.4, 0.5) is 4.39 Å². The Hall–Kier alpha value is -2.40. The number of nitrogens with one attached hydrogen (secondary N) is 1. The Kier molecular flexibility index (Phi) is 3.58. The molecule has 0 aliphatic carbocycles. The maximum Gasteiger partial charge on any atom is 0.251 e. The first-order valence-corrected chi connectivity index (χ1v) is 6.66. The van der Waals surface area contributed by atoms with E-state index in [4.69, 9.17) is 11.6 Å². The van der Waals surface area contributed by atoms with Gasteiger partial charge in [0.15, 0.2) is 0 Å². The quantitative estimate of drug-likeness (QED) is 0.808. The third-order valence-corrected chi connectivity index (χ3v) is 3.25. The molecule has 1 amide bonds. The first kappa shape index (κ1) is 13.6. The molecule has 0 aliphatic rings. The highest BCUT2D eigenvalue weighted by Gasteiger charge is 2.07. The van der Waals surface area contributed by atoms with Crippen LogP contribution >= 0.6 is 11.6 Å². The Balaban J connectivity index is 1.71. The highest BCUT2D eigenvalue weighted by atomic mass is 35.5. The zero-order valence-corrected chi connectivity index (χ0v) is 11.6. The van der Waals surface area contributed by atoms with Crippen molar-refractivity contribution < 1.29 is 9.18 Å². The number of halogens is 2. The Bertz CT molecular complexity index is 798. The summed E-state index contributed by atoms with van der Waals surface area (Å²) in [6.07, 6.45) is 3.02. The van der Waals surface area contributed by atoms with Crippen LogP contribution in [0.3, 0.4) is 0 Å². The molecule has 0 saturated carbocycles. The summed E-state index contributed by atoms with van der Waals surface area (Å²) in [6, 6.07) is 9.54. The molecule has 0 fully saturated rings. The van der Waals surface area contributed by atoms with E-state index >= 15 is 0 Å². The Labute approximate surface area is 125 Å². The van der Waals surface area contributed by atoms with E-state index in [0.29, 0.717) is 21.9 Å². The van der Waals surface area contributed by atoms with Crippen molar-refractivity contribution in [2.75, 3.05) is 0 Å². The Morgan fingerprint density at radius 3 is 2.71 bits per heavy atom. The number of hydrogen-bond donors (Lipinski definition) is 1. The Morgan fingerprint density at radius 1 is 1.19 bits per heavy atom. The lowest BCUT2D eigenvalue weighted by Crippen LogP contribution is -2.22. The predicted octanol–water partition coefficient (Wildman–Crippen LogP) is 3.06. The predicted molar refractivity (Wildman–Crippen MR) is 77.8 cm³/mol. The molecule has 1 aromatic carbocycles. The van der Waals surface area contributed by atoms with Crippen LogP contribution in [0.1, 0.15) is 16.1 Å². The lowest BCUT2D eigenvalue weighted by atomic mass is 10.2. The van der Waals surface area contributed by atoms with Gasteiger partial charge in [0, 0.05) is 23.0 Å². The minimum atomic E-state index is -0.336. The first-order chi connectivity index (χ1) is 10.1. The van der Waals surface area contributed by atoms with E-state index in [1.807, 2.05) is 0 Å². The summed E-state index contributed by atoms with van der Waals surface area (Å²) in [6.45, 7) is 0.269. The van der Waals surface area contributed by atoms with Gasteiger partial charge >= 0.3 is 0 Å². The molecular weight excluding hydrogens is 293 g/mol. The number of benzene rings is 1. The molecule has 1 N–H and O–H groups in total. The number of imidazole rings is 1. The molecule has 0 spiro atoms. The molecule has 0 saturated heterocycles.